The lowest BCUT2D eigenvalue weighted by Crippen LogP contribution is -2.43. The first kappa shape index (κ1) is 26.4. The van der Waals surface area contributed by atoms with Gasteiger partial charge in [-0.3, -0.25) is 9.47 Å². The summed E-state index contributed by atoms with van der Waals surface area (Å²) in [6.45, 7) is 5.17. The Labute approximate surface area is 211 Å². The predicted molar refractivity (Wildman–Crippen MR) is 130 cm³/mol. The van der Waals surface area contributed by atoms with E-state index in [1.54, 1.807) is 45.0 Å². The quantitative estimate of drug-likeness (QED) is 0.392. The lowest BCUT2D eigenvalue weighted by molar-refractivity contribution is -0.0174. The zero-order valence-corrected chi connectivity index (χ0v) is 21.0. The van der Waals surface area contributed by atoms with Crippen LogP contribution in [-0.2, 0) is 23.4 Å². The van der Waals surface area contributed by atoms with Gasteiger partial charge in [-0.2, -0.15) is 5.10 Å². The summed E-state index contributed by atoms with van der Waals surface area (Å²) in [4.78, 5) is 18.4. The van der Waals surface area contributed by atoms with E-state index in [4.69, 9.17) is 4.74 Å². The van der Waals surface area contributed by atoms with Crippen LogP contribution in [-0.4, -0.2) is 54.6 Å². The van der Waals surface area contributed by atoms with Gasteiger partial charge in [0.05, 0.1) is 12.1 Å². The van der Waals surface area contributed by atoms with Crippen molar-refractivity contribution in [3.63, 3.8) is 0 Å². The number of carbonyl (C=O) groups is 1. The van der Waals surface area contributed by atoms with Gasteiger partial charge in [0.15, 0.2) is 0 Å². The zero-order valence-electron chi connectivity index (χ0n) is 21.0. The maximum absolute atomic E-state index is 14.8. The average molecular weight is 516 g/mol. The summed E-state index contributed by atoms with van der Waals surface area (Å²) in [7, 11) is 1.70. The van der Waals surface area contributed by atoms with E-state index < -0.39 is 34.7 Å². The van der Waals surface area contributed by atoms with Gasteiger partial charge in [-0.1, -0.05) is 6.07 Å². The fourth-order valence-corrected chi connectivity index (χ4v) is 4.32. The molecule has 0 spiro atoms. The Morgan fingerprint density at radius 2 is 1.81 bits per heavy atom. The van der Waals surface area contributed by atoms with Crippen molar-refractivity contribution >= 4 is 17.0 Å². The van der Waals surface area contributed by atoms with E-state index in [0.717, 1.165) is 6.07 Å². The normalized spacial score (nSPS) is 13.8. The van der Waals surface area contributed by atoms with Crippen LogP contribution in [0.1, 0.15) is 31.9 Å². The van der Waals surface area contributed by atoms with Gasteiger partial charge in [-0.05, 0) is 57.6 Å². The summed E-state index contributed by atoms with van der Waals surface area (Å²) in [6, 6.07) is 7.10. The van der Waals surface area contributed by atoms with Crippen molar-refractivity contribution in [2.45, 2.75) is 45.1 Å². The van der Waals surface area contributed by atoms with Crippen LogP contribution in [0.5, 0.6) is 0 Å². The summed E-state index contributed by atoms with van der Waals surface area (Å²) in [5, 5.41) is 16.2. The average Bonchev–Trinajstić information content (AvgIpc) is 3.39. The second-order valence-corrected chi connectivity index (χ2v) is 10.1. The fourth-order valence-electron chi connectivity index (χ4n) is 4.32. The van der Waals surface area contributed by atoms with Crippen LogP contribution in [0.15, 0.2) is 55.2 Å². The number of aromatic nitrogens is 4. The smallest absolute Gasteiger partial charge is 0.419 e. The van der Waals surface area contributed by atoms with Gasteiger partial charge in [0.1, 0.15) is 41.3 Å². The first-order valence-corrected chi connectivity index (χ1v) is 11.6. The number of nitrogens with zero attached hydrogens (tertiary/aromatic N) is 5. The third-order valence-electron chi connectivity index (χ3n) is 5.73. The topological polar surface area (TPSA) is 85.4 Å². The number of rotatable bonds is 7. The number of fused-ring (bicyclic) bond motifs is 1. The molecule has 2 aromatic carbocycles. The first-order chi connectivity index (χ1) is 17.3. The molecule has 0 fully saturated rings. The van der Waals surface area contributed by atoms with E-state index in [9.17, 15) is 23.1 Å². The van der Waals surface area contributed by atoms with Gasteiger partial charge >= 0.3 is 6.09 Å². The minimum Gasteiger partial charge on any atom is -0.443 e. The van der Waals surface area contributed by atoms with Gasteiger partial charge in [-0.25, -0.2) is 27.6 Å². The molecule has 2 aromatic heterocycles. The molecule has 0 saturated carbocycles. The number of hydrogen-bond acceptors (Lipinski definition) is 6. The maximum Gasteiger partial charge on any atom is 0.419 e. The Kier molecular flexibility index (Phi) is 7.11. The van der Waals surface area contributed by atoms with Crippen molar-refractivity contribution in [1.82, 2.24) is 24.2 Å². The van der Waals surface area contributed by atoms with Crippen molar-refractivity contribution in [2.75, 3.05) is 13.6 Å². The highest BCUT2D eigenvalue weighted by atomic mass is 19.1. The van der Waals surface area contributed by atoms with E-state index in [1.165, 1.54) is 40.1 Å². The monoisotopic (exact) mass is 515 g/mol. The molecule has 37 heavy (non-hydrogen) atoms. The summed E-state index contributed by atoms with van der Waals surface area (Å²) < 4.78 is 50.5. The second kappa shape index (κ2) is 9.98. The molecule has 4 rings (SSSR count). The highest BCUT2D eigenvalue weighted by molar-refractivity contribution is 5.92. The molecule has 1 atom stereocenters. The summed E-state index contributed by atoms with van der Waals surface area (Å²) in [6.07, 6.45) is 3.57. The minimum absolute atomic E-state index is 0.0876. The van der Waals surface area contributed by atoms with E-state index in [2.05, 4.69) is 10.1 Å². The Balaban J connectivity index is 1.66. The largest absolute Gasteiger partial charge is 0.443 e. The molecule has 0 aliphatic carbocycles. The number of halogens is 3. The molecular weight excluding hydrogens is 487 g/mol. The highest BCUT2D eigenvalue weighted by Crippen LogP contribution is 2.30. The van der Waals surface area contributed by atoms with Gasteiger partial charge in [-0.15, -0.1) is 0 Å². The number of ether oxygens (including phenoxy) is 1. The second-order valence-electron chi connectivity index (χ2n) is 10.1. The van der Waals surface area contributed by atoms with Crippen molar-refractivity contribution in [2.24, 2.45) is 0 Å². The summed E-state index contributed by atoms with van der Waals surface area (Å²) >= 11 is 0. The molecule has 0 bridgehead atoms. The standard InChI is InChI=1S/C26H28F3N5O3/c1-25(2,3)37-24(35)34-12-17(20-7-5-19(28)10-23(20)34)11-32(4)13-26(36,14-33-16-30-15-31-33)21-8-6-18(27)9-22(21)29/h5-10,12,15-16,36H,11,13-14H2,1-4H3. The van der Waals surface area contributed by atoms with Crippen LogP contribution in [0.3, 0.4) is 0 Å². The zero-order chi connectivity index (χ0) is 27.0. The van der Waals surface area contributed by atoms with Crippen molar-refractivity contribution in [1.29, 1.82) is 0 Å². The maximum atomic E-state index is 14.8. The molecule has 1 unspecified atom stereocenters. The molecule has 4 aromatic rings. The van der Waals surface area contributed by atoms with Crippen molar-refractivity contribution in [3.8, 4) is 0 Å². The van der Waals surface area contributed by atoms with Crippen LogP contribution in [0.4, 0.5) is 18.0 Å². The van der Waals surface area contributed by atoms with Gasteiger partial charge in [0, 0.05) is 36.3 Å². The molecule has 11 heteroatoms. The van der Waals surface area contributed by atoms with Crippen LogP contribution >= 0.6 is 0 Å². The molecule has 0 saturated heterocycles. The number of carbonyl (C=O) groups excluding carboxylic acids is 1. The van der Waals surface area contributed by atoms with Crippen LogP contribution in [0.2, 0.25) is 0 Å². The molecule has 0 radical (unpaired) electrons. The number of aliphatic hydroxyl groups is 1. The van der Waals surface area contributed by atoms with Gasteiger partial charge in [0.2, 0.25) is 0 Å². The summed E-state index contributed by atoms with van der Waals surface area (Å²) in [5.74, 6) is -2.17. The van der Waals surface area contributed by atoms with E-state index >= 15 is 0 Å². The Morgan fingerprint density at radius 1 is 1.11 bits per heavy atom. The van der Waals surface area contributed by atoms with E-state index in [0.29, 0.717) is 22.5 Å². The van der Waals surface area contributed by atoms with E-state index in [-0.39, 0.29) is 25.2 Å². The van der Waals surface area contributed by atoms with E-state index in [1.807, 2.05) is 0 Å². The molecular formula is C26H28F3N5O3. The number of likely N-dealkylation sites (N-methyl/N-ethyl adjacent to an activating group) is 1. The van der Waals surface area contributed by atoms with Crippen molar-refractivity contribution in [3.05, 3.63) is 83.8 Å². The fraction of sp³-hybridized carbons (Fsp3) is 0.346. The first-order valence-electron chi connectivity index (χ1n) is 11.6. The molecule has 1 N–H and O–H groups in total. The molecule has 196 valence electrons. The lowest BCUT2D eigenvalue weighted by atomic mass is 9.92. The molecule has 0 aliphatic rings. The van der Waals surface area contributed by atoms with Crippen LogP contribution in [0, 0.1) is 17.5 Å². The van der Waals surface area contributed by atoms with Crippen LogP contribution < -0.4 is 0 Å². The van der Waals surface area contributed by atoms with Crippen LogP contribution in [0.25, 0.3) is 10.9 Å². The third kappa shape index (κ3) is 6.00. The van der Waals surface area contributed by atoms with Gasteiger partial charge in [0.25, 0.3) is 0 Å². The predicted octanol–water partition coefficient (Wildman–Crippen LogP) is 4.45. The summed E-state index contributed by atoms with van der Waals surface area (Å²) in [5.41, 5.74) is -1.68. The minimum atomic E-state index is -1.81. The SMILES string of the molecule is CN(Cc1cn(C(=O)OC(C)(C)C)c2cc(F)ccc12)CC(O)(Cn1cncn1)c1ccc(F)cc1F. The van der Waals surface area contributed by atoms with Crippen molar-refractivity contribution < 1.29 is 27.8 Å². The third-order valence-corrected chi connectivity index (χ3v) is 5.73. The lowest BCUT2D eigenvalue weighted by Gasteiger charge is -2.33. The molecule has 0 aliphatic heterocycles. The Morgan fingerprint density at radius 3 is 2.46 bits per heavy atom. The highest BCUT2D eigenvalue weighted by Gasteiger charge is 2.35. The Bertz CT molecular complexity index is 1420. The Hall–Kier alpha value is -3.70. The molecule has 0 amide bonds. The van der Waals surface area contributed by atoms with Gasteiger partial charge < -0.3 is 9.84 Å². The number of hydrogen-bond donors (Lipinski definition) is 1. The molecule has 2 heterocycles. The number of benzene rings is 2. The molecule has 8 nitrogen and oxygen atoms in total.